The van der Waals surface area contributed by atoms with Gasteiger partial charge in [-0.25, -0.2) is 0 Å². The number of rotatable bonds is 0. The van der Waals surface area contributed by atoms with Crippen LogP contribution in [-0.4, -0.2) is 11.6 Å². The normalized spacial score (nSPS) is 45.8. The van der Waals surface area contributed by atoms with Gasteiger partial charge in [-0.05, 0) is 12.0 Å². The third-order valence-electron chi connectivity index (χ3n) is 3.48. The smallest absolute Gasteiger partial charge is 0.159 e. The van der Waals surface area contributed by atoms with Gasteiger partial charge in [0.2, 0.25) is 0 Å². The molecule has 0 aliphatic heterocycles. The number of carbonyl (C=O) groups is 2. The van der Waals surface area contributed by atoms with E-state index in [0.717, 1.165) is 0 Å². The lowest BCUT2D eigenvalue weighted by Crippen LogP contribution is -2.42. The Bertz CT molecular complexity index is 351. The summed E-state index contributed by atoms with van der Waals surface area (Å²) in [6, 6.07) is 0. The van der Waals surface area contributed by atoms with Crippen molar-refractivity contribution in [1.29, 1.82) is 0 Å². The van der Waals surface area contributed by atoms with E-state index in [4.69, 9.17) is 0 Å². The predicted octanol–water partition coefficient (Wildman–Crippen LogP) is 1.13. The van der Waals surface area contributed by atoms with Crippen LogP contribution in [-0.2, 0) is 9.59 Å². The Labute approximate surface area is 76.3 Å². The quantitative estimate of drug-likeness (QED) is 0.516. The number of allylic oxidation sites excluding steroid dienone is 4. The molecule has 0 amide bonds. The second-order valence-electron chi connectivity index (χ2n) is 4.11. The summed E-state index contributed by atoms with van der Waals surface area (Å²) >= 11 is 0. The van der Waals surface area contributed by atoms with Gasteiger partial charge in [-0.15, -0.1) is 0 Å². The Kier molecular flexibility index (Phi) is 1.22. The van der Waals surface area contributed by atoms with Gasteiger partial charge in [0.15, 0.2) is 5.78 Å². The van der Waals surface area contributed by atoms with Gasteiger partial charge in [0.25, 0.3) is 0 Å². The second kappa shape index (κ2) is 2.19. The van der Waals surface area contributed by atoms with Crippen LogP contribution in [0.5, 0.6) is 0 Å². The Morgan fingerprint density at radius 2 is 2.00 bits per heavy atom. The maximum atomic E-state index is 11.5. The fourth-order valence-electron chi connectivity index (χ4n) is 2.86. The number of Topliss-reactive ketones (excluding diaryl/α,β-unsaturated/α-hetero) is 1. The van der Waals surface area contributed by atoms with Crippen LogP contribution in [0.2, 0.25) is 0 Å². The first kappa shape index (κ1) is 7.25. The van der Waals surface area contributed by atoms with Crippen molar-refractivity contribution >= 4 is 11.6 Å². The van der Waals surface area contributed by atoms with Gasteiger partial charge in [0, 0.05) is 24.2 Å². The van der Waals surface area contributed by atoms with Crippen molar-refractivity contribution in [3.63, 3.8) is 0 Å². The van der Waals surface area contributed by atoms with Crippen LogP contribution in [0, 0.1) is 23.7 Å². The van der Waals surface area contributed by atoms with E-state index >= 15 is 0 Å². The van der Waals surface area contributed by atoms with Gasteiger partial charge in [0.05, 0.1) is 0 Å². The SMILES string of the molecule is O=C1C=C[C@@H]2[C@H]1[C@H]1C=C[C@@H]2C(=O)C1. The fourth-order valence-corrected chi connectivity index (χ4v) is 2.86. The van der Waals surface area contributed by atoms with Crippen molar-refractivity contribution in [1.82, 2.24) is 0 Å². The predicted molar refractivity (Wildman–Crippen MR) is 46.9 cm³/mol. The van der Waals surface area contributed by atoms with Crippen LogP contribution in [0.15, 0.2) is 24.3 Å². The molecule has 0 saturated heterocycles. The molecule has 4 aliphatic carbocycles. The summed E-state index contributed by atoms with van der Waals surface area (Å²) < 4.78 is 0. The van der Waals surface area contributed by atoms with Gasteiger partial charge in [-0.3, -0.25) is 9.59 Å². The van der Waals surface area contributed by atoms with Crippen molar-refractivity contribution in [3.8, 4) is 0 Å². The van der Waals surface area contributed by atoms with Crippen LogP contribution in [0.3, 0.4) is 0 Å². The van der Waals surface area contributed by atoms with Gasteiger partial charge in [0.1, 0.15) is 5.78 Å². The zero-order chi connectivity index (χ0) is 9.00. The van der Waals surface area contributed by atoms with Gasteiger partial charge >= 0.3 is 0 Å². The minimum absolute atomic E-state index is 0.00213. The molecule has 0 aromatic heterocycles. The molecule has 4 rings (SSSR count). The highest BCUT2D eigenvalue weighted by Crippen LogP contribution is 2.46. The summed E-state index contributed by atoms with van der Waals surface area (Å²) in [5, 5.41) is 0. The largest absolute Gasteiger partial charge is 0.299 e. The van der Waals surface area contributed by atoms with Crippen molar-refractivity contribution < 1.29 is 9.59 Å². The molecule has 0 aromatic rings. The molecule has 4 aliphatic rings. The molecule has 0 unspecified atom stereocenters. The Hall–Kier alpha value is -1.18. The molecule has 2 nitrogen and oxygen atoms in total. The number of ketones is 2. The van der Waals surface area contributed by atoms with E-state index < -0.39 is 0 Å². The average Bonchev–Trinajstić information content (AvgIpc) is 2.50. The van der Waals surface area contributed by atoms with E-state index in [0.29, 0.717) is 12.2 Å². The maximum Gasteiger partial charge on any atom is 0.159 e. The fraction of sp³-hybridized carbons (Fsp3) is 0.455. The van der Waals surface area contributed by atoms with Gasteiger partial charge in [-0.2, -0.15) is 0 Å². The molecule has 1 fully saturated rings. The molecule has 13 heavy (non-hydrogen) atoms. The second-order valence-corrected chi connectivity index (χ2v) is 4.11. The van der Waals surface area contributed by atoms with E-state index in [1.807, 2.05) is 12.2 Å². The Morgan fingerprint density at radius 3 is 2.77 bits per heavy atom. The first-order valence-electron chi connectivity index (χ1n) is 4.70. The number of hydrogen-bond acceptors (Lipinski definition) is 2. The number of carbonyl (C=O) groups excluding carboxylic acids is 2. The molecule has 0 aromatic carbocycles. The number of hydrogen-bond donors (Lipinski definition) is 0. The molecule has 66 valence electrons. The molecule has 1 saturated carbocycles. The highest BCUT2D eigenvalue weighted by molar-refractivity contribution is 5.99. The summed E-state index contributed by atoms with van der Waals surface area (Å²) in [5.74, 6) is 0.990. The molecule has 0 heterocycles. The molecule has 2 bridgehead atoms. The lowest BCUT2D eigenvalue weighted by Gasteiger charge is -2.38. The Morgan fingerprint density at radius 1 is 1.15 bits per heavy atom. The summed E-state index contributed by atoms with van der Waals surface area (Å²) in [5.41, 5.74) is 0. The van der Waals surface area contributed by atoms with Crippen molar-refractivity contribution in [2.45, 2.75) is 6.42 Å². The molecule has 0 N–H and O–H groups in total. The maximum absolute atomic E-state index is 11.5. The standard InChI is InChI=1S/C11H10O2/c12-9-4-3-8-7-2-1-6(11(8)9)5-10(7)13/h1-4,6-8,11H,5H2/t6-,7-,8-,11+/m0/s1. The summed E-state index contributed by atoms with van der Waals surface area (Å²) in [4.78, 5) is 23.0. The zero-order valence-electron chi connectivity index (χ0n) is 7.14. The van der Waals surface area contributed by atoms with Crippen LogP contribution in [0.25, 0.3) is 0 Å². The monoisotopic (exact) mass is 174 g/mol. The summed E-state index contributed by atoms with van der Waals surface area (Å²) in [6.45, 7) is 0. The minimum atomic E-state index is -0.00213. The van der Waals surface area contributed by atoms with E-state index in [-0.39, 0.29) is 29.5 Å². The summed E-state index contributed by atoms with van der Waals surface area (Å²) in [6.07, 6.45) is 8.20. The van der Waals surface area contributed by atoms with E-state index in [1.165, 1.54) is 0 Å². The highest BCUT2D eigenvalue weighted by atomic mass is 16.1. The Balaban J connectivity index is 2.09. The van der Waals surface area contributed by atoms with Crippen LogP contribution in [0.1, 0.15) is 6.42 Å². The van der Waals surface area contributed by atoms with Crippen LogP contribution in [0.4, 0.5) is 0 Å². The zero-order valence-corrected chi connectivity index (χ0v) is 7.14. The first-order chi connectivity index (χ1) is 6.27. The third-order valence-corrected chi connectivity index (χ3v) is 3.48. The van der Waals surface area contributed by atoms with Crippen molar-refractivity contribution in [2.75, 3.05) is 0 Å². The van der Waals surface area contributed by atoms with Crippen molar-refractivity contribution in [2.24, 2.45) is 23.7 Å². The summed E-state index contributed by atoms with van der Waals surface area (Å²) in [7, 11) is 0. The van der Waals surface area contributed by atoms with Crippen molar-refractivity contribution in [3.05, 3.63) is 24.3 Å². The van der Waals surface area contributed by atoms with Gasteiger partial charge in [-0.1, -0.05) is 18.2 Å². The highest BCUT2D eigenvalue weighted by Gasteiger charge is 2.48. The average molecular weight is 174 g/mol. The first-order valence-corrected chi connectivity index (χ1v) is 4.70. The van der Waals surface area contributed by atoms with Crippen LogP contribution < -0.4 is 0 Å². The molecule has 2 heteroatoms. The van der Waals surface area contributed by atoms with Gasteiger partial charge < -0.3 is 0 Å². The molecule has 0 spiro atoms. The molecule has 4 atom stereocenters. The third kappa shape index (κ3) is 0.781. The molecular formula is C11H10O2. The van der Waals surface area contributed by atoms with Crippen LogP contribution >= 0.6 is 0 Å². The topological polar surface area (TPSA) is 34.1 Å². The van der Waals surface area contributed by atoms with E-state index in [9.17, 15) is 9.59 Å². The van der Waals surface area contributed by atoms with E-state index in [2.05, 4.69) is 6.08 Å². The lowest BCUT2D eigenvalue weighted by molar-refractivity contribution is -0.131. The van der Waals surface area contributed by atoms with E-state index in [1.54, 1.807) is 6.08 Å². The molecular weight excluding hydrogens is 164 g/mol. The molecule has 0 radical (unpaired) electrons. The lowest BCUT2D eigenvalue weighted by atomic mass is 9.63. The number of fused-ring (bicyclic) bond motifs is 1. The minimum Gasteiger partial charge on any atom is -0.299 e.